The van der Waals surface area contributed by atoms with E-state index in [9.17, 15) is 12.8 Å². The molecule has 7 heteroatoms. The molecule has 4 rings (SSSR count). The van der Waals surface area contributed by atoms with Crippen molar-refractivity contribution in [3.63, 3.8) is 0 Å². The standard InChI is InChI=1S/C18H18FN3O2S/c1-22(2)10-17-14-7-11(3-6-18(14)25(23,24)21-17)15-9-20-16-8-12(19)4-5-13(15)16/h3-9,17,20-21H,10H2,1-2H3. The summed E-state index contributed by atoms with van der Waals surface area (Å²) in [5, 5.41) is 0.902. The van der Waals surface area contributed by atoms with Gasteiger partial charge in [-0.15, -0.1) is 0 Å². The predicted octanol–water partition coefficient (Wildman–Crippen LogP) is 2.87. The first-order valence-electron chi connectivity index (χ1n) is 7.93. The summed E-state index contributed by atoms with van der Waals surface area (Å²) < 4.78 is 40.7. The lowest BCUT2D eigenvalue weighted by atomic mass is 9.99. The Bertz CT molecular complexity index is 1070. The van der Waals surface area contributed by atoms with E-state index in [1.165, 1.54) is 12.1 Å². The molecule has 25 heavy (non-hydrogen) atoms. The number of fused-ring (bicyclic) bond motifs is 2. The number of rotatable bonds is 3. The normalized spacial score (nSPS) is 18.8. The van der Waals surface area contributed by atoms with Gasteiger partial charge in [0.15, 0.2) is 0 Å². The molecule has 2 N–H and O–H groups in total. The van der Waals surface area contributed by atoms with Crippen LogP contribution in [-0.4, -0.2) is 38.9 Å². The topological polar surface area (TPSA) is 65.2 Å². The maximum absolute atomic E-state index is 13.4. The fourth-order valence-corrected chi connectivity index (χ4v) is 4.85. The number of halogens is 1. The summed E-state index contributed by atoms with van der Waals surface area (Å²) in [6.07, 6.45) is 1.82. The SMILES string of the molecule is CN(C)CC1NS(=O)(=O)c2ccc(-c3c[nH]c4cc(F)ccc34)cc21. The van der Waals surface area contributed by atoms with Crippen LogP contribution in [0.15, 0.2) is 47.5 Å². The third kappa shape index (κ3) is 2.74. The zero-order valence-electron chi connectivity index (χ0n) is 13.9. The molecule has 2 aromatic carbocycles. The molecular weight excluding hydrogens is 341 g/mol. The second-order valence-corrected chi connectivity index (χ2v) is 8.26. The number of benzene rings is 2. The molecule has 0 fully saturated rings. The summed E-state index contributed by atoms with van der Waals surface area (Å²) in [4.78, 5) is 5.35. The van der Waals surface area contributed by atoms with Crippen LogP contribution in [0.3, 0.4) is 0 Å². The highest BCUT2D eigenvalue weighted by Crippen LogP contribution is 2.36. The van der Waals surface area contributed by atoms with Gasteiger partial charge >= 0.3 is 0 Å². The molecular formula is C18H18FN3O2S. The van der Waals surface area contributed by atoms with Gasteiger partial charge < -0.3 is 9.88 Å². The van der Waals surface area contributed by atoms with Gasteiger partial charge in [0.25, 0.3) is 0 Å². The van der Waals surface area contributed by atoms with Crippen molar-refractivity contribution in [2.24, 2.45) is 0 Å². The van der Waals surface area contributed by atoms with Crippen molar-refractivity contribution >= 4 is 20.9 Å². The molecule has 3 aromatic rings. The Labute approximate surface area is 145 Å². The van der Waals surface area contributed by atoms with E-state index in [0.717, 1.165) is 22.1 Å². The largest absolute Gasteiger partial charge is 0.360 e. The molecule has 0 spiro atoms. The number of aromatic nitrogens is 1. The van der Waals surface area contributed by atoms with E-state index in [0.29, 0.717) is 17.0 Å². The van der Waals surface area contributed by atoms with Crippen molar-refractivity contribution in [2.75, 3.05) is 20.6 Å². The number of nitrogens with one attached hydrogen (secondary N) is 2. The van der Waals surface area contributed by atoms with Crippen molar-refractivity contribution < 1.29 is 12.8 Å². The third-order valence-corrected chi connectivity index (χ3v) is 6.02. The first-order valence-corrected chi connectivity index (χ1v) is 9.41. The van der Waals surface area contributed by atoms with Crippen LogP contribution in [0.4, 0.5) is 4.39 Å². The van der Waals surface area contributed by atoms with Crippen LogP contribution in [0.2, 0.25) is 0 Å². The quantitative estimate of drug-likeness (QED) is 0.756. The minimum Gasteiger partial charge on any atom is -0.360 e. The van der Waals surface area contributed by atoms with Crippen LogP contribution in [-0.2, 0) is 10.0 Å². The second-order valence-electron chi connectivity index (χ2n) is 6.58. The Morgan fingerprint density at radius 1 is 1.16 bits per heavy atom. The molecule has 0 amide bonds. The van der Waals surface area contributed by atoms with E-state index >= 15 is 0 Å². The Hall–Kier alpha value is -2.22. The highest BCUT2D eigenvalue weighted by Gasteiger charge is 2.34. The first kappa shape index (κ1) is 16.3. The van der Waals surface area contributed by atoms with Crippen LogP contribution in [0.1, 0.15) is 11.6 Å². The molecule has 2 heterocycles. The third-order valence-electron chi connectivity index (χ3n) is 4.47. The van der Waals surface area contributed by atoms with Gasteiger partial charge in [-0.25, -0.2) is 17.5 Å². The Morgan fingerprint density at radius 3 is 2.72 bits per heavy atom. The van der Waals surface area contributed by atoms with Gasteiger partial charge in [0.1, 0.15) is 5.82 Å². The molecule has 0 saturated carbocycles. The first-order chi connectivity index (χ1) is 11.8. The predicted molar refractivity (Wildman–Crippen MR) is 95.3 cm³/mol. The molecule has 1 aliphatic rings. The fraction of sp³-hybridized carbons (Fsp3) is 0.222. The Morgan fingerprint density at radius 2 is 1.96 bits per heavy atom. The van der Waals surface area contributed by atoms with Gasteiger partial charge in [0, 0.05) is 29.2 Å². The molecule has 1 unspecified atom stereocenters. The van der Waals surface area contributed by atoms with Crippen LogP contribution in [0.5, 0.6) is 0 Å². The van der Waals surface area contributed by atoms with E-state index < -0.39 is 10.0 Å². The van der Waals surface area contributed by atoms with Gasteiger partial charge in [-0.2, -0.15) is 0 Å². The minimum absolute atomic E-state index is 0.280. The highest BCUT2D eigenvalue weighted by atomic mass is 32.2. The monoisotopic (exact) mass is 359 g/mol. The summed E-state index contributed by atoms with van der Waals surface area (Å²) in [7, 11) is 0.346. The number of H-pyrrole nitrogens is 1. The summed E-state index contributed by atoms with van der Waals surface area (Å²) in [6, 6.07) is 9.68. The summed E-state index contributed by atoms with van der Waals surface area (Å²) >= 11 is 0. The van der Waals surface area contributed by atoms with E-state index in [-0.39, 0.29) is 11.9 Å². The lowest BCUT2D eigenvalue weighted by molar-refractivity contribution is 0.367. The van der Waals surface area contributed by atoms with Crippen molar-refractivity contribution in [3.8, 4) is 11.1 Å². The van der Waals surface area contributed by atoms with Gasteiger partial charge in [-0.1, -0.05) is 6.07 Å². The van der Waals surface area contributed by atoms with Crippen LogP contribution in [0, 0.1) is 5.82 Å². The lowest BCUT2D eigenvalue weighted by Gasteiger charge is -2.16. The Balaban J connectivity index is 1.85. The smallest absolute Gasteiger partial charge is 0.241 e. The van der Waals surface area contributed by atoms with Crippen LogP contribution < -0.4 is 4.72 Å². The molecule has 0 radical (unpaired) electrons. The van der Waals surface area contributed by atoms with Crippen molar-refractivity contribution in [1.29, 1.82) is 0 Å². The fourth-order valence-electron chi connectivity index (χ4n) is 3.39. The summed E-state index contributed by atoms with van der Waals surface area (Å²) in [6.45, 7) is 0.578. The molecule has 1 atom stereocenters. The zero-order chi connectivity index (χ0) is 17.8. The van der Waals surface area contributed by atoms with Gasteiger partial charge in [-0.05, 0) is 55.6 Å². The maximum Gasteiger partial charge on any atom is 0.241 e. The van der Waals surface area contributed by atoms with Crippen LogP contribution >= 0.6 is 0 Å². The maximum atomic E-state index is 13.4. The molecule has 5 nitrogen and oxygen atoms in total. The number of likely N-dealkylation sites (N-methyl/N-ethyl adjacent to an activating group) is 1. The number of sulfonamides is 1. The molecule has 1 aliphatic heterocycles. The van der Waals surface area contributed by atoms with Gasteiger partial charge in [0.2, 0.25) is 10.0 Å². The van der Waals surface area contributed by atoms with Crippen molar-refractivity contribution in [1.82, 2.24) is 14.6 Å². The summed E-state index contributed by atoms with van der Waals surface area (Å²) in [5.74, 6) is -0.295. The number of aromatic amines is 1. The van der Waals surface area contributed by atoms with E-state index in [4.69, 9.17) is 0 Å². The highest BCUT2D eigenvalue weighted by molar-refractivity contribution is 7.89. The second kappa shape index (κ2) is 5.66. The Kier molecular flexibility index (Phi) is 3.68. The molecule has 0 saturated heterocycles. The molecule has 130 valence electrons. The average molecular weight is 359 g/mol. The molecule has 0 aliphatic carbocycles. The zero-order valence-corrected chi connectivity index (χ0v) is 14.7. The number of hydrogen-bond acceptors (Lipinski definition) is 3. The number of nitrogens with zero attached hydrogens (tertiary/aromatic N) is 1. The molecule has 1 aromatic heterocycles. The van der Waals surface area contributed by atoms with Crippen molar-refractivity contribution in [3.05, 3.63) is 54.0 Å². The lowest BCUT2D eigenvalue weighted by Crippen LogP contribution is -2.29. The van der Waals surface area contributed by atoms with Crippen molar-refractivity contribution in [2.45, 2.75) is 10.9 Å². The van der Waals surface area contributed by atoms with Gasteiger partial charge in [0.05, 0.1) is 10.9 Å². The van der Waals surface area contributed by atoms with Gasteiger partial charge in [-0.3, -0.25) is 0 Å². The van der Waals surface area contributed by atoms with E-state index in [2.05, 4.69) is 9.71 Å². The minimum atomic E-state index is -3.47. The average Bonchev–Trinajstić information content (AvgIpc) is 3.05. The summed E-state index contributed by atoms with van der Waals surface area (Å²) in [5.41, 5.74) is 3.30. The van der Waals surface area contributed by atoms with E-state index in [1.807, 2.05) is 31.3 Å². The molecule has 0 bridgehead atoms. The van der Waals surface area contributed by atoms with E-state index in [1.54, 1.807) is 18.2 Å². The number of hydrogen-bond donors (Lipinski definition) is 2. The van der Waals surface area contributed by atoms with Crippen LogP contribution in [0.25, 0.3) is 22.0 Å².